The Morgan fingerprint density at radius 2 is 2.00 bits per heavy atom. The van der Waals surface area contributed by atoms with Crippen molar-refractivity contribution in [3.63, 3.8) is 0 Å². The monoisotopic (exact) mass is 264 g/mol. The van der Waals surface area contributed by atoms with E-state index in [1.807, 2.05) is 11.1 Å². The fraction of sp³-hybridized carbons (Fsp3) is 0.692. The summed E-state index contributed by atoms with van der Waals surface area (Å²) >= 11 is 0. The fourth-order valence-corrected chi connectivity index (χ4v) is 2.52. The summed E-state index contributed by atoms with van der Waals surface area (Å²) in [5.41, 5.74) is 0.0237. The van der Waals surface area contributed by atoms with Gasteiger partial charge in [-0.15, -0.1) is 0 Å². The van der Waals surface area contributed by atoms with Crippen molar-refractivity contribution in [2.24, 2.45) is 0 Å². The van der Waals surface area contributed by atoms with Crippen molar-refractivity contribution >= 4 is 5.91 Å². The fourth-order valence-electron chi connectivity index (χ4n) is 2.52. The van der Waals surface area contributed by atoms with E-state index in [1.165, 1.54) is 0 Å². The molecule has 19 heavy (non-hydrogen) atoms. The van der Waals surface area contributed by atoms with Crippen LogP contribution in [0.15, 0.2) is 17.2 Å². The highest BCUT2D eigenvalue weighted by atomic mass is 16.2. The predicted octanol–water partition coefficient (Wildman–Crippen LogP) is -0.193. The Hall–Kier alpha value is -1.56. The molecule has 1 aromatic heterocycles. The number of nitrogens with one attached hydrogen (secondary N) is 1. The third kappa shape index (κ3) is 2.73. The summed E-state index contributed by atoms with van der Waals surface area (Å²) in [5, 5.41) is 3.22. The van der Waals surface area contributed by atoms with Crippen molar-refractivity contribution in [2.45, 2.75) is 31.8 Å². The van der Waals surface area contributed by atoms with Gasteiger partial charge >= 0.3 is 5.69 Å². The first-order valence-electron chi connectivity index (χ1n) is 7.01. The molecule has 2 aliphatic rings. The highest BCUT2D eigenvalue weighted by Crippen LogP contribution is 2.33. The van der Waals surface area contributed by atoms with Crippen molar-refractivity contribution in [3.8, 4) is 0 Å². The van der Waals surface area contributed by atoms with Gasteiger partial charge in [0, 0.05) is 57.6 Å². The summed E-state index contributed by atoms with van der Waals surface area (Å²) in [4.78, 5) is 25.9. The lowest BCUT2D eigenvalue weighted by atomic mass is 10.3. The second-order valence-corrected chi connectivity index (χ2v) is 5.29. The SMILES string of the molecule is O=C(CCn1ccn(C2CC2)c1=O)N1CCNCC1. The molecule has 2 fully saturated rings. The molecule has 0 spiro atoms. The number of imidazole rings is 1. The van der Waals surface area contributed by atoms with E-state index < -0.39 is 0 Å². The van der Waals surface area contributed by atoms with Crippen molar-refractivity contribution in [2.75, 3.05) is 26.2 Å². The third-order valence-corrected chi connectivity index (χ3v) is 3.85. The zero-order chi connectivity index (χ0) is 13.2. The quantitative estimate of drug-likeness (QED) is 0.820. The number of aryl methyl sites for hydroxylation is 1. The first-order chi connectivity index (χ1) is 9.25. The van der Waals surface area contributed by atoms with Gasteiger partial charge in [-0.1, -0.05) is 0 Å². The summed E-state index contributed by atoms with van der Waals surface area (Å²) in [6, 6.07) is 0.401. The summed E-state index contributed by atoms with van der Waals surface area (Å²) in [6.45, 7) is 3.77. The maximum absolute atomic E-state index is 12.0. The van der Waals surface area contributed by atoms with Gasteiger partial charge in [0.05, 0.1) is 0 Å². The molecular weight excluding hydrogens is 244 g/mol. The Bertz CT molecular complexity index is 509. The third-order valence-electron chi connectivity index (χ3n) is 3.85. The van der Waals surface area contributed by atoms with Gasteiger partial charge in [-0.2, -0.15) is 0 Å². The number of nitrogens with zero attached hydrogens (tertiary/aromatic N) is 3. The van der Waals surface area contributed by atoms with Gasteiger partial charge in [0.1, 0.15) is 0 Å². The van der Waals surface area contributed by atoms with Crippen LogP contribution in [0.4, 0.5) is 0 Å². The minimum atomic E-state index is 0.0237. The molecule has 1 aromatic rings. The van der Waals surface area contributed by atoms with Crippen molar-refractivity contribution in [1.82, 2.24) is 19.4 Å². The molecule has 6 nitrogen and oxygen atoms in total. The molecule has 2 heterocycles. The summed E-state index contributed by atoms with van der Waals surface area (Å²) in [7, 11) is 0. The Kier molecular flexibility index (Phi) is 3.42. The molecule has 0 aromatic carbocycles. The lowest BCUT2D eigenvalue weighted by molar-refractivity contribution is -0.132. The van der Waals surface area contributed by atoms with Gasteiger partial charge in [0.2, 0.25) is 5.91 Å². The lowest BCUT2D eigenvalue weighted by Crippen LogP contribution is -2.46. The van der Waals surface area contributed by atoms with E-state index in [0.29, 0.717) is 19.0 Å². The van der Waals surface area contributed by atoms with Crippen LogP contribution in [0.25, 0.3) is 0 Å². The molecular formula is C13H20N4O2. The highest BCUT2D eigenvalue weighted by molar-refractivity contribution is 5.76. The van der Waals surface area contributed by atoms with Gasteiger partial charge in [0.25, 0.3) is 0 Å². The Morgan fingerprint density at radius 3 is 2.68 bits per heavy atom. The zero-order valence-corrected chi connectivity index (χ0v) is 11.0. The topological polar surface area (TPSA) is 59.3 Å². The first-order valence-corrected chi connectivity index (χ1v) is 7.01. The molecule has 3 rings (SSSR count). The summed E-state index contributed by atoms with van der Waals surface area (Å²) in [5.74, 6) is 0.146. The minimum absolute atomic E-state index is 0.0237. The molecule has 6 heteroatoms. The van der Waals surface area contributed by atoms with Crippen LogP contribution in [-0.4, -0.2) is 46.1 Å². The molecule has 1 amide bonds. The van der Waals surface area contributed by atoms with E-state index in [-0.39, 0.29) is 11.6 Å². The zero-order valence-electron chi connectivity index (χ0n) is 11.0. The van der Waals surface area contributed by atoms with Crippen LogP contribution in [-0.2, 0) is 11.3 Å². The Morgan fingerprint density at radius 1 is 1.26 bits per heavy atom. The standard InChI is InChI=1S/C13H20N4O2/c18-12(15-7-4-14-5-8-15)3-6-16-9-10-17(13(16)19)11-1-2-11/h9-11,14H,1-8H2. The average molecular weight is 264 g/mol. The van der Waals surface area contributed by atoms with Crippen molar-refractivity contribution < 1.29 is 4.79 Å². The van der Waals surface area contributed by atoms with Crippen LogP contribution < -0.4 is 11.0 Å². The van der Waals surface area contributed by atoms with E-state index >= 15 is 0 Å². The van der Waals surface area contributed by atoms with Crippen LogP contribution in [0.5, 0.6) is 0 Å². The molecule has 1 saturated carbocycles. The lowest BCUT2D eigenvalue weighted by Gasteiger charge is -2.27. The van der Waals surface area contributed by atoms with E-state index in [4.69, 9.17) is 0 Å². The summed E-state index contributed by atoms with van der Waals surface area (Å²) < 4.78 is 3.44. The molecule has 0 bridgehead atoms. The maximum Gasteiger partial charge on any atom is 0.328 e. The molecule has 1 aliphatic carbocycles. The van der Waals surface area contributed by atoms with Crippen molar-refractivity contribution in [3.05, 3.63) is 22.9 Å². The number of carbonyl (C=O) groups is 1. The van der Waals surface area contributed by atoms with E-state index in [1.54, 1.807) is 15.3 Å². The number of rotatable bonds is 4. The number of hydrogen-bond acceptors (Lipinski definition) is 3. The smallest absolute Gasteiger partial charge is 0.328 e. The molecule has 1 saturated heterocycles. The largest absolute Gasteiger partial charge is 0.340 e. The average Bonchev–Trinajstić information content (AvgIpc) is 3.22. The van der Waals surface area contributed by atoms with Gasteiger partial charge < -0.3 is 10.2 Å². The molecule has 0 radical (unpaired) electrons. The van der Waals surface area contributed by atoms with Crippen LogP contribution in [0.3, 0.4) is 0 Å². The Balaban J connectivity index is 1.56. The minimum Gasteiger partial charge on any atom is -0.340 e. The van der Waals surface area contributed by atoms with Gasteiger partial charge in [0.15, 0.2) is 0 Å². The number of piperazine rings is 1. The number of aromatic nitrogens is 2. The second kappa shape index (κ2) is 5.21. The maximum atomic E-state index is 12.0. The molecule has 1 N–H and O–H groups in total. The highest BCUT2D eigenvalue weighted by Gasteiger charge is 2.25. The van der Waals surface area contributed by atoms with E-state index in [0.717, 1.165) is 39.0 Å². The number of hydrogen-bond donors (Lipinski definition) is 1. The van der Waals surface area contributed by atoms with Gasteiger partial charge in [-0.25, -0.2) is 4.79 Å². The number of amides is 1. The van der Waals surface area contributed by atoms with Crippen LogP contribution in [0.1, 0.15) is 25.3 Å². The summed E-state index contributed by atoms with van der Waals surface area (Å²) in [6.07, 6.45) is 6.25. The van der Waals surface area contributed by atoms with Crippen LogP contribution in [0.2, 0.25) is 0 Å². The van der Waals surface area contributed by atoms with E-state index in [9.17, 15) is 9.59 Å². The van der Waals surface area contributed by atoms with E-state index in [2.05, 4.69) is 5.32 Å². The molecule has 0 atom stereocenters. The Labute approximate surface area is 112 Å². The van der Waals surface area contributed by atoms with Crippen molar-refractivity contribution in [1.29, 1.82) is 0 Å². The molecule has 104 valence electrons. The molecule has 1 aliphatic heterocycles. The van der Waals surface area contributed by atoms with Gasteiger partial charge in [-0.3, -0.25) is 13.9 Å². The van der Waals surface area contributed by atoms with Gasteiger partial charge in [-0.05, 0) is 12.8 Å². The normalized spacial score (nSPS) is 19.7. The molecule has 0 unspecified atom stereocenters. The first kappa shape index (κ1) is 12.5. The second-order valence-electron chi connectivity index (χ2n) is 5.29. The number of carbonyl (C=O) groups excluding carboxylic acids is 1. The van der Waals surface area contributed by atoms with Crippen LogP contribution >= 0.6 is 0 Å². The van der Waals surface area contributed by atoms with Crippen LogP contribution in [0, 0.1) is 0 Å². The predicted molar refractivity (Wildman–Crippen MR) is 71.0 cm³/mol.